The van der Waals surface area contributed by atoms with Crippen molar-refractivity contribution in [2.45, 2.75) is 19.3 Å². The van der Waals surface area contributed by atoms with Gasteiger partial charge in [0.1, 0.15) is 0 Å². The van der Waals surface area contributed by atoms with Crippen molar-refractivity contribution in [3.8, 4) is 44.5 Å². The zero-order valence-electron chi connectivity index (χ0n) is 28.3. The van der Waals surface area contributed by atoms with Crippen LogP contribution >= 0.6 is 0 Å². The third kappa shape index (κ3) is 4.94. The van der Waals surface area contributed by atoms with E-state index < -0.39 is 0 Å². The molecule has 0 fully saturated rings. The van der Waals surface area contributed by atoms with Crippen LogP contribution in [-0.2, 0) is 5.41 Å². The molecule has 0 unspecified atom stereocenters. The van der Waals surface area contributed by atoms with Crippen LogP contribution in [0.2, 0.25) is 0 Å². The fourth-order valence-corrected chi connectivity index (χ4v) is 8.04. The van der Waals surface area contributed by atoms with Crippen LogP contribution < -0.4 is 4.90 Å². The van der Waals surface area contributed by atoms with Crippen molar-refractivity contribution in [3.05, 3.63) is 199 Å². The van der Waals surface area contributed by atoms with E-state index in [0.29, 0.717) is 0 Å². The zero-order chi connectivity index (χ0) is 33.7. The molecule has 0 saturated carbocycles. The summed E-state index contributed by atoms with van der Waals surface area (Å²) in [5.41, 5.74) is 16.2. The fourth-order valence-electron chi connectivity index (χ4n) is 8.04. The van der Waals surface area contributed by atoms with Gasteiger partial charge in [-0.05, 0) is 103 Å². The van der Waals surface area contributed by atoms with Gasteiger partial charge < -0.3 is 4.90 Å². The quantitative estimate of drug-likeness (QED) is 0.175. The van der Waals surface area contributed by atoms with E-state index in [9.17, 15) is 0 Å². The lowest BCUT2D eigenvalue weighted by molar-refractivity contribution is 0.660. The van der Waals surface area contributed by atoms with Gasteiger partial charge in [-0.15, -0.1) is 0 Å². The van der Waals surface area contributed by atoms with Gasteiger partial charge in [0.25, 0.3) is 0 Å². The van der Waals surface area contributed by atoms with Gasteiger partial charge in [-0.25, -0.2) is 0 Å². The average Bonchev–Trinajstić information content (AvgIpc) is 3.41. The number of hydrogen-bond acceptors (Lipinski definition) is 1. The van der Waals surface area contributed by atoms with Crippen LogP contribution in [0, 0.1) is 0 Å². The summed E-state index contributed by atoms with van der Waals surface area (Å²) in [5, 5.41) is 2.53. The van der Waals surface area contributed by atoms with Gasteiger partial charge >= 0.3 is 0 Å². The van der Waals surface area contributed by atoms with Crippen molar-refractivity contribution < 1.29 is 0 Å². The minimum absolute atomic E-state index is 0.0930. The van der Waals surface area contributed by atoms with Gasteiger partial charge in [-0.2, -0.15) is 0 Å². The van der Waals surface area contributed by atoms with Crippen molar-refractivity contribution in [1.82, 2.24) is 0 Å². The van der Waals surface area contributed by atoms with Gasteiger partial charge in [0.15, 0.2) is 0 Å². The molecule has 0 N–H and O–H groups in total. The molecule has 0 aromatic heterocycles. The maximum Gasteiger partial charge on any atom is 0.0468 e. The highest BCUT2D eigenvalue weighted by Gasteiger charge is 2.37. The average molecular weight is 640 g/mol. The van der Waals surface area contributed by atoms with Gasteiger partial charge in [-0.1, -0.05) is 166 Å². The third-order valence-corrected chi connectivity index (χ3v) is 10.5. The molecule has 0 heterocycles. The van der Waals surface area contributed by atoms with Crippen molar-refractivity contribution in [2.24, 2.45) is 0 Å². The van der Waals surface area contributed by atoms with Crippen molar-refractivity contribution in [1.29, 1.82) is 0 Å². The minimum Gasteiger partial charge on any atom is -0.310 e. The van der Waals surface area contributed by atoms with E-state index in [0.717, 1.165) is 17.1 Å². The van der Waals surface area contributed by atoms with E-state index in [1.165, 1.54) is 66.4 Å². The topological polar surface area (TPSA) is 3.24 Å². The molecule has 50 heavy (non-hydrogen) atoms. The number of benzene rings is 8. The van der Waals surface area contributed by atoms with Crippen LogP contribution in [-0.4, -0.2) is 0 Å². The molecule has 1 aliphatic rings. The smallest absolute Gasteiger partial charge is 0.0468 e. The predicted molar refractivity (Wildman–Crippen MR) is 213 cm³/mol. The summed E-state index contributed by atoms with van der Waals surface area (Å²) < 4.78 is 0. The van der Waals surface area contributed by atoms with E-state index >= 15 is 0 Å². The van der Waals surface area contributed by atoms with Gasteiger partial charge in [0, 0.05) is 22.5 Å². The molecule has 0 bridgehead atoms. The highest BCUT2D eigenvalue weighted by atomic mass is 15.1. The van der Waals surface area contributed by atoms with Crippen molar-refractivity contribution in [3.63, 3.8) is 0 Å². The molecule has 0 amide bonds. The first-order chi connectivity index (χ1) is 24.6. The fraction of sp³-hybridized carbons (Fsp3) is 0.0612. The maximum absolute atomic E-state index is 2.41. The Kier molecular flexibility index (Phi) is 7.21. The number of hydrogen-bond donors (Lipinski definition) is 0. The summed E-state index contributed by atoms with van der Waals surface area (Å²) in [6.07, 6.45) is 0. The lowest BCUT2D eigenvalue weighted by Gasteiger charge is -2.27. The van der Waals surface area contributed by atoms with Crippen LogP contribution in [0.1, 0.15) is 25.0 Å². The molecule has 0 aliphatic heterocycles. The predicted octanol–water partition coefficient (Wildman–Crippen LogP) is 13.6. The van der Waals surface area contributed by atoms with E-state index in [1.807, 2.05) is 0 Å². The molecule has 8 aromatic carbocycles. The number of anilines is 3. The number of rotatable bonds is 6. The van der Waals surface area contributed by atoms with Gasteiger partial charge in [0.05, 0.1) is 0 Å². The van der Waals surface area contributed by atoms with Gasteiger partial charge in [0.2, 0.25) is 0 Å². The van der Waals surface area contributed by atoms with E-state index in [-0.39, 0.29) is 5.41 Å². The lowest BCUT2D eigenvalue weighted by Crippen LogP contribution is -2.15. The normalized spacial score (nSPS) is 12.8. The second-order valence-corrected chi connectivity index (χ2v) is 13.7. The van der Waals surface area contributed by atoms with Crippen molar-refractivity contribution in [2.75, 3.05) is 4.90 Å². The highest BCUT2D eigenvalue weighted by molar-refractivity contribution is 6.06. The lowest BCUT2D eigenvalue weighted by atomic mass is 9.82. The Labute approximate surface area is 294 Å². The second kappa shape index (κ2) is 12.1. The van der Waals surface area contributed by atoms with Gasteiger partial charge in [-0.3, -0.25) is 0 Å². The van der Waals surface area contributed by atoms with Crippen LogP contribution in [0.15, 0.2) is 188 Å². The van der Waals surface area contributed by atoms with E-state index in [1.54, 1.807) is 0 Å². The monoisotopic (exact) mass is 639 g/mol. The Morgan fingerprint density at radius 3 is 1.50 bits per heavy atom. The first-order valence-electron chi connectivity index (χ1n) is 17.4. The molecule has 1 aliphatic carbocycles. The van der Waals surface area contributed by atoms with E-state index in [2.05, 4.69) is 207 Å². The molecule has 1 heteroatoms. The third-order valence-electron chi connectivity index (χ3n) is 10.5. The summed E-state index contributed by atoms with van der Waals surface area (Å²) in [4.78, 5) is 2.39. The molecule has 8 aromatic rings. The molecule has 0 spiro atoms. The van der Waals surface area contributed by atoms with E-state index in [4.69, 9.17) is 0 Å². The summed E-state index contributed by atoms with van der Waals surface area (Å²) in [6, 6.07) is 68.5. The Morgan fingerprint density at radius 2 is 0.860 bits per heavy atom. The molecule has 0 radical (unpaired) electrons. The Balaban J connectivity index is 1.18. The Morgan fingerprint density at radius 1 is 0.360 bits per heavy atom. The molecule has 0 atom stereocenters. The molecule has 1 nitrogen and oxygen atoms in total. The SMILES string of the molecule is CC1(C)c2ccc(N(c3ccccc3)c3ccc(-c4cccc5cccc(-c6ccccc6)c45)cc3)cc2-c2c(-c3ccccc3)cccc21. The maximum atomic E-state index is 2.41. The Bertz CT molecular complexity index is 2470. The number of nitrogens with zero attached hydrogens (tertiary/aromatic N) is 1. The first-order valence-corrected chi connectivity index (χ1v) is 17.4. The summed E-state index contributed by atoms with van der Waals surface area (Å²) in [7, 11) is 0. The zero-order valence-corrected chi connectivity index (χ0v) is 28.3. The molecule has 238 valence electrons. The van der Waals surface area contributed by atoms with Crippen molar-refractivity contribution >= 4 is 27.8 Å². The van der Waals surface area contributed by atoms with Crippen LogP contribution in [0.3, 0.4) is 0 Å². The second-order valence-electron chi connectivity index (χ2n) is 13.7. The largest absolute Gasteiger partial charge is 0.310 e. The highest BCUT2D eigenvalue weighted by Crippen LogP contribution is 2.53. The standard InChI is InChI=1S/C49H37N/c1-49(2)45-32-31-40(33-44(45)48-43(25-14-26-46(48)49)35-17-8-4-9-18-35)50(38-21-10-5-11-22-38)39-29-27-36(28-30-39)42-24-13-20-37-19-12-23-41(47(37)42)34-15-6-3-7-16-34/h3-33H,1-2H3. The Hall–Kier alpha value is -6.18. The van der Waals surface area contributed by atoms with Crippen LogP contribution in [0.5, 0.6) is 0 Å². The molecule has 0 saturated heterocycles. The van der Waals surface area contributed by atoms with Crippen LogP contribution in [0.25, 0.3) is 55.3 Å². The number of fused-ring (bicyclic) bond motifs is 4. The summed E-state index contributed by atoms with van der Waals surface area (Å²) in [6.45, 7) is 4.71. The summed E-state index contributed by atoms with van der Waals surface area (Å²) >= 11 is 0. The minimum atomic E-state index is -0.0930. The van der Waals surface area contributed by atoms with Crippen LogP contribution in [0.4, 0.5) is 17.1 Å². The summed E-state index contributed by atoms with van der Waals surface area (Å²) in [5.74, 6) is 0. The first kappa shape index (κ1) is 29.9. The molecule has 9 rings (SSSR count). The molecular formula is C49H37N. The number of para-hydroxylation sites is 1. The molecular weight excluding hydrogens is 603 g/mol.